The van der Waals surface area contributed by atoms with Crippen LogP contribution in [0.15, 0.2) is 27.7 Å². The lowest BCUT2D eigenvalue weighted by atomic mass is 9.99. The largest absolute Gasteiger partial charge is 0.365 e. The second kappa shape index (κ2) is 3.92. The van der Waals surface area contributed by atoms with Crippen molar-refractivity contribution in [2.75, 3.05) is 0 Å². The summed E-state index contributed by atoms with van der Waals surface area (Å²) < 4.78 is 0.997. The molecule has 3 rings (SSSR count). The topological polar surface area (TPSA) is 49.7 Å². The molecule has 5 heteroatoms. The van der Waals surface area contributed by atoms with Gasteiger partial charge in [-0.2, -0.15) is 4.99 Å². The van der Waals surface area contributed by atoms with Crippen LogP contribution in [-0.4, -0.2) is 11.2 Å². The van der Waals surface area contributed by atoms with Gasteiger partial charge >= 0.3 is 0 Å². The Morgan fingerprint density at radius 1 is 1.35 bits per heavy atom. The Balaban J connectivity index is 0.00000108. The Bertz CT molecular complexity index is 523. The lowest BCUT2D eigenvalue weighted by Crippen LogP contribution is -2.20. The van der Waals surface area contributed by atoms with Crippen molar-refractivity contribution in [1.82, 2.24) is 0 Å². The van der Waals surface area contributed by atoms with E-state index in [-0.39, 0.29) is 17.8 Å². The van der Waals surface area contributed by atoms with Gasteiger partial charge in [-0.3, -0.25) is 0 Å². The number of benzene rings is 1. The summed E-state index contributed by atoms with van der Waals surface area (Å²) in [4.78, 5) is 14.0. The normalized spacial score (nSPS) is 26.9. The highest BCUT2D eigenvalue weighted by molar-refractivity contribution is 9.10. The van der Waals surface area contributed by atoms with Crippen molar-refractivity contribution in [2.45, 2.75) is 30.4 Å². The van der Waals surface area contributed by atoms with Crippen LogP contribution in [0.25, 0.3) is 0 Å². The molecule has 1 unspecified atom stereocenters. The zero-order valence-electron chi connectivity index (χ0n) is 8.94. The van der Waals surface area contributed by atoms with E-state index in [0.29, 0.717) is 6.42 Å². The lowest BCUT2D eigenvalue weighted by molar-refractivity contribution is 0.0412. The third-order valence-electron chi connectivity index (χ3n) is 3.65. The van der Waals surface area contributed by atoms with Crippen molar-refractivity contribution in [3.63, 3.8) is 0 Å². The van der Waals surface area contributed by atoms with Gasteiger partial charge in [0.15, 0.2) is 5.72 Å². The maximum absolute atomic E-state index is 10.4. The number of carbonyl (C=O) groups excluding carboxylic acids is 1. The van der Waals surface area contributed by atoms with Gasteiger partial charge in [0, 0.05) is 21.9 Å². The summed E-state index contributed by atoms with van der Waals surface area (Å²) in [6, 6.07) is 5.74. The van der Waals surface area contributed by atoms with Gasteiger partial charge in [0.2, 0.25) is 6.08 Å². The van der Waals surface area contributed by atoms with Gasteiger partial charge < -0.3 is 5.11 Å². The standard InChI is InChI=1S/C12H10BrNO2.ClH/c13-8-1-2-9-10(5-8)11(3-4-11)6-12(9,16)14-7-15;/h1-2,5,16H,3-4,6H2;1H. The van der Waals surface area contributed by atoms with Crippen molar-refractivity contribution in [1.29, 1.82) is 0 Å². The molecule has 1 spiro atoms. The summed E-state index contributed by atoms with van der Waals surface area (Å²) in [5, 5.41) is 10.4. The zero-order valence-corrected chi connectivity index (χ0v) is 11.3. The average Bonchev–Trinajstić information content (AvgIpc) is 2.93. The molecular weight excluding hydrogens is 305 g/mol. The molecule has 1 N–H and O–H groups in total. The van der Waals surface area contributed by atoms with Crippen molar-refractivity contribution in [2.24, 2.45) is 4.99 Å². The van der Waals surface area contributed by atoms with Crippen LogP contribution in [0.1, 0.15) is 30.4 Å². The van der Waals surface area contributed by atoms with Gasteiger partial charge in [-0.15, -0.1) is 12.4 Å². The SMILES string of the molecule is Cl.O=C=NC1(O)CC2(CC2)c2cc(Br)ccc21. The second-order valence-corrected chi connectivity index (χ2v) is 5.58. The van der Waals surface area contributed by atoms with Gasteiger partial charge in [0.1, 0.15) is 0 Å². The average molecular weight is 317 g/mol. The number of aliphatic imine (C=N–C) groups is 1. The maximum Gasteiger partial charge on any atom is 0.238 e. The number of hydrogen-bond donors (Lipinski definition) is 1. The van der Waals surface area contributed by atoms with E-state index in [1.165, 1.54) is 6.08 Å². The predicted octanol–water partition coefficient (Wildman–Crippen LogP) is 2.79. The van der Waals surface area contributed by atoms with Crippen LogP contribution in [0.5, 0.6) is 0 Å². The number of aliphatic hydroxyl groups is 1. The van der Waals surface area contributed by atoms with Gasteiger partial charge in [0.25, 0.3) is 0 Å². The molecule has 0 heterocycles. The van der Waals surface area contributed by atoms with E-state index >= 15 is 0 Å². The Labute approximate surface area is 113 Å². The van der Waals surface area contributed by atoms with E-state index in [1.807, 2.05) is 18.2 Å². The molecule has 90 valence electrons. The van der Waals surface area contributed by atoms with Crippen LogP contribution >= 0.6 is 28.3 Å². The number of rotatable bonds is 1. The minimum absolute atomic E-state index is 0. The molecule has 0 aromatic heterocycles. The molecule has 1 fully saturated rings. The highest BCUT2D eigenvalue weighted by atomic mass is 79.9. The predicted molar refractivity (Wildman–Crippen MR) is 68.9 cm³/mol. The Kier molecular flexibility index (Phi) is 2.95. The van der Waals surface area contributed by atoms with E-state index in [9.17, 15) is 9.90 Å². The number of isocyanates is 1. The van der Waals surface area contributed by atoms with E-state index in [2.05, 4.69) is 20.9 Å². The van der Waals surface area contributed by atoms with Crippen molar-refractivity contribution >= 4 is 34.4 Å². The van der Waals surface area contributed by atoms with Crippen LogP contribution in [0, 0.1) is 0 Å². The van der Waals surface area contributed by atoms with Crippen molar-refractivity contribution in [3.05, 3.63) is 33.8 Å². The molecule has 1 aromatic rings. The van der Waals surface area contributed by atoms with Gasteiger partial charge in [-0.05, 0) is 30.5 Å². The van der Waals surface area contributed by atoms with Gasteiger partial charge in [-0.25, -0.2) is 4.79 Å². The van der Waals surface area contributed by atoms with Crippen LogP contribution in [-0.2, 0) is 15.9 Å². The number of fused-ring (bicyclic) bond motifs is 2. The fraction of sp³-hybridized carbons (Fsp3) is 0.417. The molecule has 1 saturated carbocycles. The third-order valence-corrected chi connectivity index (χ3v) is 4.15. The van der Waals surface area contributed by atoms with Crippen LogP contribution in [0.4, 0.5) is 0 Å². The molecule has 17 heavy (non-hydrogen) atoms. The first-order valence-electron chi connectivity index (χ1n) is 5.22. The van der Waals surface area contributed by atoms with Crippen LogP contribution < -0.4 is 0 Å². The number of halogens is 2. The van der Waals surface area contributed by atoms with Crippen LogP contribution in [0.2, 0.25) is 0 Å². The molecule has 0 bridgehead atoms. The lowest BCUT2D eigenvalue weighted by Gasteiger charge is -2.16. The van der Waals surface area contributed by atoms with Crippen molar-refractivity contribution in [3.8, 4) is 0 Å². The second-order valence-electron chi connectivity index (χ2n) is 4.67. The number of nitrogens with zero attached hydrogens (tertiary/aromatic N) is 1. The Morgan fingerprint density at radius 3 is 2.65 bits per heavy atom. The first-order valence-corrected chi connectivity index (χ1v) is 6.01. The molecule has 0 radical (unpaired) electrons. The maximum atomic E-state index is 10.4. The van der Waals surface area contributed by atoms with Gasteiger partial charge in [0.05, 0.1) is 0 Å². The summed E-state index contributed by atoms with van der Waals surface area (Å²) in [7, 11) is 0. The minimum Gasteiger partial charge on any atom is -0.365 e. The van der Waals surface area contributed by atoms with E-state index in [4.69, 9.17) is 0 Å². The third kappa shape index (κ3) is 1.76. The number of hydrogen-bond acceptors (Lipinski definition) is 3. The molecule has 2 aliphatic carbocycles. The fourth-order valence-electron chi connectivity index (χ4n) is 2.74. The quantitative estimate of drug-likeness (QED) is 0.640. The highest BCUT2D eigenvalue weighted by Gasteiger charge is 2.58. The summed E-state index contributed by atoms with van der Waals surface area (Å²) in [6.07, 6.45) is 4.12. The molecule has 0 saturated heterocycles. The molecular formula is C12H11BrClNO2. The summed E-state index contributed by atoms with van der Waals surface area (Å²) in [5.74, 6) is 0. The van der Waals surface area contributed by atoms with Crippen LogP contribution in [0.3, 0.4) is 0 Å². The molecule has 2 aliphatic rings. The van der Waals surface area contributed by atoms with Gasteiger partial charge in [-0.1, -0.05) is 22.0 Å². The first kappa shape index (κ1) is 12.8. The molecule has 3 nitrogen and oxygen atoms in total. The Morgan fingerprint density at radius 2 is 2.06 bits per heavy atom. The molecule has 1 aromatic carbocycles. The monoisotopic (exact) mass is 315 g/mol. The van der Waals surface area contributed by atoms with E-state index < -0.39 is 5.72 Å². The zero-order chi connectivity index (χ0) is 11.4. The molecule has 0 amide bonds. The van der Waals surface area contributed by atoms with E-state index in [0.717, 1.165) is 28.4 Å². The summed E-state index contributed by atoms with van der Waals surface area (Å²) in [6.45, 7) is 0. The highest BCUT2D eigenvalue weighted by Crippen LogP contribution is 2.62. The Hall–Kier alpha value is -0.670. The molecule has 1 atom stereocenters. The first-order chi connectivity index (χ1) is 7.60. The van der Waals surface area contributed by atoms with E-state index in [1.54, 1.807) is 0 Å². The molecule has 0 aliphatic heterocycles. The summed E-state index contributed by atoms with van der Waals surface area (Å²) in [5.41, 5.74) is 0.586. The smallest absolute Gasteiger partial charge is 0.238 e. The van der Waals surface area contributed by atoms with Crippen molar-refractivity contribution < 1.29 is 9.90 Å². The fourth-order valence-corrected chi connectivity index (χ4v) is 3.10. The minimum atomic E-state index is -1.35. The summed E-state index contributed by atoms with van der Waals surface area (Å²) >= 11 is 3.43.